The van der Waals surface area contributed by atoms with E-state index >= 15 is 0 Å². The molecule has 2 bridgehead atoms. The van der Waals surface area contributed by atoms with E-state index in [-0.39, 0.29) is 64.5 Å². The normalized spacial score (nSPS) is 23.7. The lowest BCUT2D eigenvalue weighted by molar-refractivity contribution is -0.123. The number of nitrogens with one attached hydrogen (secondary N) is 1. The van der Waals surface area contributed by atoms with Gasteiger partial charge in [0, 0.05) is 29.8 Å². The van der Waals surface area contributed by atoms with Crippen LogP contribution in [-0.2, 0) is 21.1 Å². The number of rotatable bonds is 10. The van der Waals surface area contributed by atoms with E-state index in [1.165, 1.54) is 12.1 Å². The molecule has 3 aromatic rings. The van der Waals surface area contributed by atoms with E-state index in [2.05, 4.69) is 5.32 Å². The van der Waals surface area contributed by atoms with E-state index in [0.717, 1.165) is 11.6 Å². The predicted molar refractivity (Wildman–Crippen MR) is 159 cm³/mol. The minimum Gasteiger partial charge on any atom is -0.389 e. The topological polar surface area (TPSA) is 127 Å². The lowest BCUT2D eigenvalue weighted by atomic mass is 9.71. The molecule has 7 nitrogen and oxygen atoms in total. The molecule has 0 aliphatic heterocycles. The van der Waals surface area contributed by atoms with Gasteiger partial charge in [-0.25, -0.2) is 21.6 Å². The number of carbonyl (C=O) groups is 2. The molecule has 5 rings (SSSR count). The van der Waals surface area contributed by atoms with E-state index in [0.29, 0.717) is 31.4 Å². The predicted octanol–water partition coefficient (Wildman–Crippen LogP) is 5.62. The highest BCUT2D eigenvalue weighted by Crippen LogP contribution is 2.54. The second-order valence-electron chi connectivity index (χ2n) is 11.7. The number of halogens is 4. The van der Waals surface area contributed by atoms with Crippen molar-refractivity contribution in [3.8, 4) is 0 Å². The molecule has 12 heteroatoms. The van der Waals surface area contributed by atoms with Gasteiger partial charge in [0.1, 0.15) is 5.78 Å². The smallest absolute Gasteiger partial charge is 0.255 e. The van der Waals surface area contributed by atoms with Crippen molar-refractivity contribution in [2.75, 3.05) is 5.32 Å². The fourth-order valence-corrected chi connectivity index (χ4v) is 9.04. The van der Waals surface area contributed by atoms with Gasteiger partial charge in [-0.15, -0.1) is 0 Å². The zero-order valence-corrected chi connectivity index (χ0v) is 25.2. The van der Waals surface area contributed by atoms with E-state index in [1.807, 2.05) is 30.3 Å². The fraction of sp³-hybridized carbons (Fsp3) is 0.375. The summed E-state index contributed by atoms with van der Waals surface area (Å²) >= 11 is 6.29. The summed E-state index contributed by atoms with van der Waals surface area (Å²) in [5.41, 5.74) is 5.40. The van der Waals surface area contributed by atoms with Crippen LogP contribution in [-0.4, -0.2) is 42.1 Å². The van der Waals surface area contributed by atoms with Gasteiger partial charge in [0.25, 0.3) is 5.91 Å². The summed E-state index contributed by atoms with van der Waals surface area (Å²) in [6, 6.07) is 13.5. The molecule has 2 aliphatic rings. The molecule has 0 heterocycles. The minimum absolute atomic E-state index is 0.0831. The number of hydrogen-bond acceptors (Lipinski definition) is 6. The summed E-state index contributed by atoms with van der Waals surface area (Å²) in [6.07, 6.45) is 2.19. The Labute approximate surface area is 258 Å². The molecule has 2 aliphatic carbocycles. The van der Waals surface area contributed by atoms with Crippen LogP contribution in [0.2, 0.25) is 5.02 Å². The first-order valence-corrected chi connectivity index (χ1v) is 16.3. The van der Waals surface area contributed by atoms with Gasteiger partial charge in [0.2, 0.25) is 0 Å². The third kappa shape index (κ3) is 6.42. The Balaban J connectivity index is 1.27. The molecular formula is C32H32ClF3N2O5S. The maximum Gasteiger partial charge on any atom is 0.255 e. The number of ketones is 1. The number of carbonyl (C=O) groups excluding carboxylic acids is 2. The maximum atomic E-state index is 13.8. The number of Topliss-reactive ketones (excluding diaryl/α,β-unsaturated/α-hetero) is 1. The van der Waals surface area contributed by atoms with Crippen molar-refractivity contribution in [3.05, 3.63) is 94.3 Å². The highest BCUT2D eigenvalue weighted by atomic mass is 35.5. The number of hydrogen-bond donors (Lipinski definition) is 3. The second kappa shape index (κ2) is 12.6. The lowest BCUT2D eigenvalue weighted by Crippen LogP contribution is -2.48. The van der Waals surface area contributed by atoms with Gasteiger partial charge < -0.3 is 16.2 Å². The van der Waals surface area contributed by atoms with Crippen LogP contribution in [0.1, 0.15) is 54.4 Å². The third-order valence-corrected chi connectivity index (χ3v) is 11.7. The van der Waals surface area contributed by atoms with Gasteiger partial charge in [0.15, 0.2) is 27.3 Å². The van der Waals surface area contributed by atoms with Crippen LogP contribution in [0.3, 0.4) is 0 Å². The molecular weight excluding hydrogens is 617 g/mol. The number of anilines is 1. The second-order valence-corrected chi connectivity index (χ2v) is 14.3. The summed E-state index contributed by atoms with van der Waals surface area (Å²) in [6.45, 7) is 0. The first kappa shape index (κ1) is 32.2. The molecule has 1 amide bonds. The lowest BCUT2D eigenvalue weighted by Gasteiger charge is -2.42. The Bertz CT molecular complexity index is 1650. The van der Waals surface area contributed by atoms with Crippen molar-refractivity contribution in [1.82, 2.24) is 0 Å². The summed E-state index contributed by atoms with van der Waals surface area (Å²) in [5, 5.41) is 12.9. The zero-order valence-electron chi connectivity index (χ0n) is 23.6. The van der Waals surface area contributed by atoms with Crippen LogP contribution in [0.15, 0.2) is 65.6 Å². The van der Waals surface area contributed by atoms with Crippen LogP contribution < -0.4 is 11.1 Å². The molecule has 234 valence electrons. The summed E-state index contributed by atoms with van der Waals surface area (Å²) in [4.78, 5) is 25.4. The Morgan fingerprint density at radius 3 is 2.23 bits per heavy atom. The van der Waals surface area contributed by atoms with Crippen LogP contribution in [0.25, 0.3) is 0 Å². The molecule has 2 saturated carbocycles. The third-order valence-electron chi connectivity index (χ3n) is 9.04. The van der Waals surface area contributed by atoms with Crippen molar-refractivity contribution in [1.29, 1.82) is 0 Å². The number of sulfone groups is 1. The maximum absolute atomic E-state index is 13.8. The average Bonchev–Trinajstić information content (AvgIpc) is 3.13. The quantitative estimate of drug-likeness (QED) is 0.245. The molecule has 0 spiro atoms. The van der Waals surface area contributed by atoms with Crippen molar-refractivity contribution in [2.24, 2.45) is 17.6 Å². The molecule has 44 heavy (non-hydrogen) atoms. The summed E-state index contributed by atoms with van der Waals surface area (Å²) in [7, 11) is -4.08. The molecule has 2 unspecified atom stereocenters. The van der Waals surface area contributed by atoms with Crippen LogP contribution in [0, 0.1) is 29.3 Å². The summed E-state index contributed by atoms with van der Waals surface area (Å²) < 4.78 is 68.1. The highest BCUT2D eigenvalue weighted by Gasteiger charge is 2.55. The number of benzene rings is 3. The Hall–Kier alpha value is -3.25. The number of aliphatic hydroxyl groups is 1. The van der Waals surface area contributed by atoms with Gasteiger partial charge in [0.05, 0.1) is 26.8 Å². The SMILES string of the molecule is N[C@@H](Cc1ccccc1)C(=O)CCC1(O)C2CCC1CC(S(=O)(=O)c1cc(C(=O)Nc3cc(F)c(F)c(F)c3)ccc1Cl)C2. The van der Waals surface area contributed by atoms with Crippen molar-refractivity contribution in [2.45, 2.75) is 66.7 Å². The highest BCUT2D eigenvalue weighted by molar-refractivity contribution is 7.92. The van der Waals surface area contributed by atoms with Crippen LogP contribution in [0.4, 0.5) is 18.9 Å². The fourth-order valence-electron chi connectivity index (χ4n) is 6.64. The number of amides is 1. The summed E-state index contributed by atoms with van der Waals surface area (Å²) in [5.74, 6) is -6.42. The Kier molecular flexibility index (Phi) is 9.23. The van der Waals surface area contributed by atoms with E-state index < -0.39 is 50.1 Å². The van der Waals surface area contributed by atoms with Gasteiger partial charge >= 0.3 is 0 Å². The van der Waals surface area contributed by atoms with Crippen molar-refractivity contribution >= 4 is 38.8 Å². The average molecular weight is 649 g/mol. The molecule has 4 N–H and O–H groups in total. The first-order valence-electron chi connectivity index (χ1n) is 14.3. The van der Waals surface area contributed by atoms with E-state index in [1.54, 1.807) is 0 Å². The molecule has 3 aromatic carbocycles. The molecule has 3 atom stereocenters. The van der Waals surface area contributed by atoms with E-state index in [4.69, 9.17) is 17.3 Å². The van der Waals surface area contributed by atoms with Crippen LogP contribution >= 0.6 is 11.6 Å². The standard InChI is InChI=1S/C32H32ClF3N2O5S/c33-24-9-6-19(31(40)38-22-16-25(34)30(36)26(35)17-22)13-29(24)44(42,43)23-14-20-7-8-21(15-23)32(20,41)11-10-28(39)27(37)12-18-4-2-1-3-5-18/h1-6,9,13,16-17,20-21,23,27,41H,7-8,10-12,14-15,37H2,(H,38,40)/t20?,21?,23?,27-,32?/m0/s1. The molecule has 0 aromatic heterocycles. The molecule has 0 saturated heterocycles. The number of nitrogens with two attached hydrogens (primary N) is 1. The number of fused-ring (bicyclic) bond motifs is 2. The van der Waals surface area contributed by atoms with Gasteiger partial charge in [-0.3, -0.25) is 9.59 Å². The zero-order chi connectivity index (χ0) is 31.8. The van der Waals surface area contributed by atoms with Crippen molar-refractivity contribution in [3.63, 3.8) is 0 Å². The Morgan fingerprint density at radius 2 is 1.61 bits per heavy atom. The minimum atomic E-state index is -4.08. The van der Waals surface area contributed by atoms with Gasteiger partial charge in [-0.1, -0.05) is 41.9 Å². The molecule has 0 radical (unpaired) electrons. The van der Waals surface area contributed by atoms with Gasteiger partial charge in [-0.2, -0.15) is 0 Å². The Morgan fingerprint density at radius 1 is 1.00 bits per heavy atom. The first-order chi connectivity index (χ1) is 20.8. The monoisotopic (exact) mass is 648 g/mol. The molecule has 2 fully saturated rings. The van der Waals surface area contributed by atoms with Crippen molar-refractivity contribution < 1.29 is 36.3 Å². The van der Waals surface area contributed by atoms with E-state index in [9.17, 15) is 36.3 Å². The largest absolute Gasteiger partial charge is 0.389 e. The van der Waals surface area contributed by atoms with Crippen LogP contribution in [0.5, 0.6) is 0 Å². The van der Waals surface area contributed by atoms with Gasteiger partial charge in [-0.05, 0) is 74.1 Å².